The first-order valence-electron chi connectivity index (χ1n) is 23.7. The molecule has 2 saturated carbocycles. The van der Waals surface area contributed by atoms with E-state index < -0.39 is 43.0 Å². The number of morpholine rings is 1. The number of hydrogen-bond donors (Lipinski definition) is 4. The predicted octanol–water partition coefficient (Wildman–Crippen LogP) is 8.58. The van der Waals surface area contributed by atoms with Crippen LogP contribution in [0.4, 0.5) is 21.5 Å². The summed E-state index contributed by atoms with van der Waals surface area (Å²) in [4.78, 5) is 36.9. The Morgan fingerprint density at radius 3 is 2.53 bits per heavy atom. The second-order valence-corrected chi connectivity index (χ2v) is 21.7. The largest absolute Gasteiger partial charge is 0.489 e. The standard InChI is InChI=1S/C50H58FN7O9S/c1-30(2)36-6-4-5-7-37(36)41-29-65-21-20-57(41)34-26-50(27-34)15-18-56(19-16-50)33-8-9-38(42(23-33)67-44-22-32-12-17-52-47(32)54-46(44)51)48(59)55-68(63,64)35-24-40(58(61)62)45-43(25-35)66-28-39(53-45)31-10-13-49(3,60)14-11-31/h4-9,12,17,22-25,30-31,34,39,41,53,60H,10-11,13-16,18-21,26-29H2,1-3H3,(H,52,54)(H,55,59)/t31-,39-,41-,49-/m1/s1. The molecule has 18 heteroatoms. The molecule has 5 aliphatic rings. The summed E-state index contributed by atoms with van der Waals surface area (Å²) in [6.07, 6.45) is 8.25. The molecular weight excluding hydrogens is 894 g/mol. The number of halogens is 1. The summed E-state index contributed by atoms with van der Waals surface area (Å²) in [7, 11) is -4.75. The average Bonchev–Trinajstić information content (AvgIpc) is 3.77. The number of hydrogen-bond acceptors (Lipinski definition) is 13. The van der Waals surface area contributed by atoms with Crippen LogP contribution in [0.15, 0.2) is 77.8 Å². The lowest BCUT2D eigenvalue weighted by molar-refractivity contribution is -0.384. The van der Waals surface area contributed by atoms with E-state index >= 15 is 4.39 Å². The fourth-order valence-corrected chi connectivity index (χ4v) is 12.3. The molecule has 0 unspecified atom stereocenters. The molecule has 5 heterocycles. The molecule has 2 aliphatic carbocycles. The van der Waals surface area contributed by atoms with Crippen molar-refractivity contribution in [2.75, 3.05) is 49.7 Å². The topological polar surface area (TPSA) is 201 Å². The van der Waals surface area contributed by atoms with Crippen molar-refractivity contribution in [1.82, 2.24) is 19.6 Å². The molecule has 4 N–H and O–H groups in total. The molecular formula is C50H58FN7O9S. The predicted molar refractivity (Wildman–Crippen MR) is 254 cm³/mol. The van der Waals surface area contributed by atoms with Gasteiger partial charge in [-0.05, 0) is 111 Å². The maximum absolute atomic E-state index is 15.5. The van der Waals surface area contributed by atoms with Crippen LogP contribution in [0.3, 0.4) is 0 Å². The van der Waals surface area contributed by atoms with Gasteiger partial charge in [-0.1, -0.05) is 38.1 Å². The Labute approximate surface area is 394 Å². The molecule has 3 aliphatic heterocycles. The number of piperidine rings is 1. The summed E-state index contributed by atoms with van der Waals surface area (Å²) >= 11 is 0. The van der Waals surface area contributed by atoms with Gasteiger partial charge in [-0.15, -0.1) is 0 Å². The van der Waals surface area contributed by atoms with E-state index in [-0.39, 0.29) is 58.5 Å². The quantitative estimate of drug-likeness (QED) is 0.0558. The van der Waals surface area contributed by atoms with Crippen LogP contribution in [0.5, 0.6) is 17.2 Å². The molecule has 5 aromatic rings. The van der Waals surface area contributed by atoms with Crippen molar-refractivity contribution >= 4 is 44.0 Å². The van der Waals surface area contributed by atoms with Crippen LogP contribution in [-0.2, 0) is 14.8 Å². The van der Waals surface area contributed by atoms with Crippen LogP contribution in [0.1, 0.15) is 106 Å². The van der Waals surface area contributed by atoms with Crippen LogP contribution < -0.4 is 24.4 Å². The van der Waals surface area contributed by atoms with Crippen molar-refractivity contribution in [1.29, 1.82) is 0 Å². The lowest BCUT2D eigenvalue weighted by Gasteiger charge is -2.57. The molecule has 1 spiro atoms. The van der Waals surface area contributed by atoms with Gasteiger partial charge >= 0.3 is 0 Å². The minimum Gasteiger partial charge on any atom is -0.489 e. The van der Waals surface area contributed by atoms with Crippen molar-refractivity contribution in [3.63, 3.8) is 0 Å². The van der Waals surface area contributed by atoms with Crippen LogP contribution in [0, 0.1) is 27.4 Å². The number of aromatic amines is 1. The van der Waals surface area contributed by atoms with Gasteiger partial charge in [0.25, 0.3) is 27.6 Å². The zero-order valence-corrected chi connectivity index (χ0v) is 39.3. The number of nitro benzene ring substituents is 1. The maximum atomic E-state index is 15.5. The molecule has 0 bridgehead atoms. The SMILES string of the molecule is CC(C)c1ccccc1[C@H]1COCCN1C1CC2(CCN(c3ccc(C(=O)NS(=O)(=O)c4cc5c(c([N+](=O)[O-])c4)N[C@@H]([C@H]4CC[C@](C)(O)CC4)CO5)c(Oc4cc5cc[nH]c5nc4F)c3)CC2)C1. The van der Waals surface area contributed by atoms with Gasteiger partial charge in [0.1, 0.15) is 18.0 Å². The van der Waals surface area contributed by atoms with E-state index in [1.165, 1.54) is 23.3 Å². The summed E-state index contributed by atoms with van der Waals surface area (Å²) < 4.78 is 63.6. The summed E-state index contributed by atoms with van der Waals surface area (Å²) in [5.74, 6) is -1.95. The summed E-state index contributed by atoms with van der Waals surface area (Å²) in [5, 5.41) is 26.6. The van der Waals surface area contributed by atoms with Gasteiger partial charge in [-0.25, -0.2) is 13.1 Å². The van der Waals surface area contributed by atoms with Crippen LogP contribution in [0.2, 0.25) is 0 Å². The van der Waals surface area contributed by atoms with Crippen LogP contribution in [-0.4, -0.2) is 96.4 Å². The molecule has 68 heavy (non-hydrogen) atoms. The van der Waals surface area contributed by atoms with Gasteiger partial charge in [0.2, 0.25) is 0 Å². The number of aliphatic hydroxyl groups is 1. The number of amides is 1. The third-order valence-corrected chi connectivity index (χ3v) is 16.6. The zero-order chi connectivity index (χ0) is 47.5. The first-order chi connectivity index (χ1) is 32.6. The number of nitrogens with one attached hydrogen (secondary N) is 3. The van der Waals surface area contributed by atoms with Crippen molar-refractivity contribution in [3.05, 3.63) is 106 Å². The number of sulfonamides is 1. The highest BCUT2D eigenvalue weighted by molar-refractivity contribution is 7.90. The fraction of sp³-hybridized carbons (Fsp3) is 0.480. The van der Waals surface area contributed by atoms with E-state index in [0.29, 0.717) is 61.0 Å². The Kier molecular flexibility index (Phi) is 12.1. The number of fused-ring (bicyclic) bond motifs is 2. The van der Waals surface area contributed by atoms with Crippen LogP contribution >= 0.6 is 0 Å². The Bertz CT molecular complexity index is 2850. The molecule has 2 saturated heterocycles. The first kappa shape index (κ1) is 45.9. The Morgan fingerprint density at radius 1 is 1.01 bits per heavy atom. The first-order valence-corrected chi connectivity index (χ1v) is 25.2. The number of nitro groups is 1. The summed E-state index contributed by atoms with van der Waals surface area (Å²) in [5.41, 5.74) is 2.47. The molecule has 0 radical (unpaired) electrons. The number of carbonyl (C=O) groups excluding carboxylic acids is 1. The molecule has 2 atom stereocenters. The Balaban J connectivity index is 0.867. The highest BCUT2D eigenvalue weighted by Crippen LogP contribution is 2.53. The number of carbonyl (C=O) groups is 1. The molecule has 1 amide bonds. The zero-order valence-electron chi connectivity index (χ0n) is 38.5. The average molecular weight is 952 g/mol. The normalized spacial score (nSPS) is 24.2. The Hall–Kier alpha value is -5.82. The van der Waals surface area contributed by atoms with Gasteiger partial charge in [-0.2, -0.15) is 9.37 Å². The van der Waals surface area contributed by atoms with Gasteiger partial charge in [0, 0.05) is 61.1 Å². The molecule has 360 valence electrons. The third kappa shape index (κ3) is 8.98. The monoisotopic (exact) mass is 951 g/mol. The minimum absolute atomic E-state index is 0.0407. The van der Waals surface area contributed by atoms with E-state index in [9.17, 15) is 28.4 Å². The number of anilines is 2. The fourth-order valence-electron chi connectivity index (χ4n) is 11.3. The second-order valence-electron chi connectivity index (χ2n) is 20.0. The highest BCUT2D eigenvalue weighted by atomic mass is 32.2. The Morgan fingerprint density at radius 2 is 1.78 bits per heavy atom. The lowest BCUT2D eigenvalue weighted by atomic mass is 9.59. The van der Waals surface area contributed by atoms with Crippen molar-refractivity contribution < 1.29 is 41.8 Å². The minimum atomic E-state index is -4.75. The molecule has 3 aromatic carbocycles. The van der Waals surface area contributed by atoms with Crippen molar-refractivity contribution in [2.24, 2.45) is 11.3 Å². The van der Waals surface area contributed by atoms with Gasteiger partial charge in [0.15, 0.2) is 17.2 Å². The number of aromatic nitrogens is 2. The number of pyridine rings is 1. The number of rotatable bonds is 11. The van der Waals surface area contributed by atoms with E-state index in [4.69, 9.17) is 14.2 Å². The summed E-state index contributed by atoms with van der Waals surface area (Å²) in [6.45, 7) is 10.2. The van der Waals surface area contributed by atoms with E-state index in [0.717, 1.165) is 64.1 Å². The number of H-pyrrole nitrogens is 1. The van der Waals surface area contributed by atoms with Gasteiger partial charge in [0.05, 0.1) is 46.3 Å². The highest BCUT2D eigenvalue weighted by Gasteiger charge is 2.50. The van der Waals surface area contributed by atoms with E-state index in [1.807, 2.05) is 0 Å². The van der Waals surface area contributed by atoms with Gasteiger partial charge in [-0.3, -0.25) is 19.8 Å². The number of benzene rings is 3. The van der Waals surface area contributed by atoms with E-state index in [1.54, 1.807) is 31.3 Å². The summed E-state index contributed by atoms with van der Waals surface area (Å²) in [6, 6.07) is 19.1. The smallest absolute Gasteiger partial charge is 0.297 e. The number of nitrogens with zero attached hydrogens (tertiary/aromatic N) is 4. The molecule has 16 nitrogen and oxygen atoms in total. The third-order valence-electron chi connectivity index (χ3n) is 15.2. The molecule has 4 fully saturated rings. The lowest BCUT2D eigenvalue weighted by Crippen LogP contribution is -2.58. The second kappa shape index (κ2) is 17.9. The van der Waals surface area contributed by atoms with Crippen molar-refractivity contribution in [2.45, 2.75) is 107 Å². The number of ether oxygens (including phenoxy) is 3. The van der Waals surface area contributed by atoms with Crippen molar-refractivity contribution in [3.8, 4) is 17.2 Å². The maximum Gasteiger partial charge on any atom is 0.297 e. The van der Waals surface area contributed by atoms with Crippen LogP contribution in [0.25, 0.3) is 11.0 Å². The molecule has 2 aromatic heterocycles. The van der Waals surface area contributed by atoms with E-state index in [2.05, 4.69) is 67.9 Å². The molecule has 10 rings (SSSR count). The van der Waals surface area contributed by atoms with Gasteiger partial charge < -0.3 is 34.5 Å².